The van der Waals surface area contributed by atoms with Crippen LogP contribution in [0.5, 0.6) is 0 Å². The van der Waals surface area contributed by atoms with Gasteiger partial charge < -0.3 is 4.42 Å². The number of nitrogens with zero attached hydrogens (tertiary/aromatic N) is 3. The molecule has 1 aliphatic rings. The molecule has 1 aliphatic heterocycles. The van der Waals surface area contributed by atoms with Gasteiger partial charge in [0.2, 0.25) is 5.89 Å². The van der Waals surface area contributed by atoms with Gasteiger partial charge in [0.25, 0.3) is 5.91 Å². The molecule has 0 saturated carbocycles. The number of amides is 1. The van der Waals surface area contributed by atoms with Crippen LogP contribution in [0.3, 0.4) is 0 Å². The maximum atomic E-state index is 11.2. The molecule has 4 rings (SSSR count). The van der Waals surface area contributed by atoms with Crippen LogP contribution in [0, 0.1) is 0 Å². The van der Waals surface area contributed by atoms with Crippen LogP contribution in [0.25, 0.3) is 21.9 Å². The number of carbonyl (C=O) groups is 1. The van der Waals surface area contributed by atoms with Crippen LogP contribution in [-0.2, 0) is 4.79 Å². The number of rotatable bonds is 2. The molecular weight excluding hydrogens is 298 g/mol. The number of hydrogen-bond acceptors (Lipinski definition) is 5. The molecule has 1 atom stereocenters. The summed E-state index contributed by atoms with van der Waals surface area (Å²) in [5, 5.41) is 9.69. The molecule has 3 heterocycles. The SMILES string of the molecule is CC1=CC(=O)N=NC1c1ccc2nc(-c3cccs3)oc2c1. The van der Waals surface area contributed by atoms with Crippen molar-refractivity contribution in [3.05, 3.63) is 52.9 Å². The van der Waals surface area contributed by atoms with Crippen LogP contribution < -0.4 is 0 Å². The van der Waals surface area contributed by atoms with E-state index >= 15 is 0 Å². The lowest BCUT2D eigenvalue weighted by Crippen LogP contribution is -2.04. The third-order valence-electron chi connectivity index (χ3n) is 3.51. The molecule has 0 spiro atoms. The van der Waals surface area contributed by atoms with Crippen molar-refractivity contribution < 1.29 is 9.21 Å². The zero-order valence-electron chi connectivity index (χ0n) is 11.7. The van der Waals surface area contributed by atoms with Gasteiger partial charge in [-0.2, -0.15) is 5.11 Å². The Morgan fingerprint density at radius 1 is 1.27 bits per heavy atom. The van der Waals surface area contributed by atoms with E-state index in [2.05, 4.69) is 15.2 Å². The Morgan fingerprint density at radius 3 is 2.95 bits per heavy atom. The number of oxazole rings is 1. The first-order valence-electron chi connectivity index (χ1n) is 6.78. The van der Waals surface area contributed by atoms with E-state index in [0.717, 1.165) is 21.5 Å². The van der Waals surface area contributed by atoms with E-state index in [1.807, 2.05) is 42.6 Å². The summed E-state index contributed by atoms with van der Waals surface area (Å²) in [6, 6.07) is 9.47. The minimum Gasteiger partial charge on any atom is -0.435 e. The molecule has 6 heteroatoms. The van der Waals surface area contributed by atoms with Crippen LogP contribution in [-0.4, -0.2) is 10.9 Å². The smallest absolute Gasteiger partial charge is 0.287 e. The number of fused-ring (bicyclic) bond motifs is 1. The molecular formula is C16H11N3O2S. The van der Waals surface area contributed by atoms with Crippen molar-refractivity contribution in [3.63, 3.8) is 0 Å². The molecule has 1 amide bonds. The summed E-state index contributed by atoms with van der Waals surface area (Å²) < 4.78 is 5.84. The fourth-order valence-electron chi connectivity index (χ4n) is 2.45. The number of thiophene rings is 1. The van der Waals surface area contributed by atoms with Crippen LogP contribution in [0.15, 0.2) is 62.0 Å². The second kappa shape index (κ2) is 4.99. The molecule has 0 N–H and O–H groups in total. The Kier molecular flexibility index (Phi) is 2.97. The highest BCUT2D eigenvalue weighted by Gasteiger charge is 2.19. The highest BCUT2D eigenvalue weighted by Crippen LogP contribution is 2.33. The Hall–Kier alpha value is -2.60. The zero-order chi connectivity index (χ0) is 15.1. The fraction of sp³-hybridized carbons (Fsp3) is 0.125. The highest BCUT2D eigenvalue weighted by molar-refractivity contribution is 7.13. The van der Waals surface area contributed by atoms with E-state index in [9.17, 15) is 4.79 Å². The fourth-order valence-corrected chi connectivity index (χ4v) is 3.10. The predicted molar refractivity (Wildman–Crippen MR) is 83.7 cm³/mol. The van der Waals surface area contributed by atoms with Gasteiger partial charge in [0.05, 0.1) is 4.88 Å². The van der Waals surface area contributed by atoms with Crippen molar-refractivity contribution in [1.29, 1.82) is 0 Å². The largest absolute Gasteiger partial charge is 0.435 e. The Labute approximate surface area is 130 Å². The van der Waals surface area contributed by atoms with Crippen molar-refractivity contribution >= 4 is 28.3 Å². The summed E-state index contributed by atoms with van der Waals surface area (Å²) in [5.74, 6) is 0.310. The average molecular weight is 309 g/mol. The van der Waals surface area contributed by atoms with Crippen LogP contribution in [0.2, 0.25) is 0 Å². The van der Waals surface area contributed by atoms with Gasteiger partial charge in [0.15, 0.2) is 5.58 Å². The van der Waals surface area contributed by atoms with E-state index in [1.165, 1.54) is 6.08 Å². The van der Waals surface area contributed by atoms with Crippen molar-refractivity contribution in [3.8, 4) is 10.8 Å². The van der Waals surface area contributed by atoms with E-state index in [0.29, 0.717) is 11.5 Å². The maximum absolute atomic E-state index is 11.2. The van der Waals surface area contributed by atoms with Crippen molar-refractivity contribution in [2.45, 2.75) is 13.0 Å². The van der Waals surface area contributed by atoms with E-state index in [4.69, 9.17) is 4.42 Å². The molecule has 0 saturated heterocycles. The zero-order valence-corrected chi connectivity index (χ0v) is 12.5. The Balaban J connectivity index is 1.76. The second-order valence-corrected chi connectivity index (χ2v) is 6.02. The summed E-state index contributed by atoms with van der Waals surface area (Å²) in [4.78, 5) is 16.7. The van der Waals surface area contributed by atoms with E-state index < -0.39 is 0 Å². The summed E-state index contributed by atoms with van der Waals surface area (Å²) >= 11 is 1.59. The number of carbonyl (C=O) groups excluding carboxylic acids is 1. The maximum Gasteiger partial charge on any atom is 0.287 e. The van der Waals surface area contributed by atoms with Gasteiger partial charge in [-0.3, -0.25) is 4.79 Å². The van der Waals surface area contributed by atoms with E-state index in [1.54, 1.807) is 11.3 Å². The number of azo groups is 1. The lowest BCUT2D eigenvalue weighted by molar-refractivity contribution is -0.114. The normalized spacial score (nSPS) is 18.0. The molecule has 0 fully saturated rings. The number of hydrogen-bond donors (Lipinski definition) is 0. The Bertz CT molecular complexity index is 922. The van der Waals surface area contributed by atoms with Crippen molar-refractivity contribution in [2.24, 2.45) is 10.2 Å². The van der Waals surface area contributed by atoms with Gasteiger partial charge in [-0.1, -0.05) is 12.1 Å². The Morgan fingerprint density at radius 2 is 2.18 bits per heavy atom. The monoisotopic (exact) mass is 309 g/mol. The summed E-state index contributed by atoms with van der Waals surface area (Å²) in [6.45, 7) is 1.88. The quantitative estimate of drug-likeness (QED) is 0.698. The molecule has 1 aromatic carbocycles. The molecule has 5 nitrogen and oxygen atoms in total. The van der Waals surface area contributed by atoms with Gasteiger partial charge in [0.1, 0.15) is 11.6 Å². The first-order valence-corrected chi connectivity index (χ1v) is 7.66. The van der Waals surface area contributed by atoms with Crippen LogP contribution in [0.1, 0.15) is 18.5 Å². The lowest BCUT2D eigenvalue weighted by Gasteiger charge is -2.14. The minimum absolute atomic E-state index is 0.239. The van der Waals surface area contributed by atoms with Gasteiger partial charge in [0, 0.05) is 6.08 Å². The molecule has 108 valence electrons. The summed E-state index contributed by atoms with van der Waals surface area (Å²) in [6.07, 6.45) is 1.51. The number of benzene rings is 1. The molecule has 0 bridgehead atoms. The minimum atomic E-state index is -0.311. The highest BCUT2D eigenvalue weighted by atomic mass is 32.1. The van der Waals surface area contributed by atoms with E-state index in [-0.39, 0.29) is 11.9 Å². The summed E-state index contributed by atoms with van der Waals surface area (Å²) in [7, 11) is 0. The average Bonchev–Trinajstić information content (AvgIpc) is 3.15. The topological polar surface area (TPSA) is 67.8 Å². The third-order valence-corrected chi connectivity index (χ3v) is 4.37. The first kappa shape index (κ1) is 13.1. The molecule has 3 aromatic rings. The standard InChI is InChI=1S/C16H11N3O2S/c1-9-7-14(20)18-19-15(9)10-4-5-11-12(8-10)21-16(17-11)13-3-2-6-22-13/h2-8,15H,1H3. The van der Waals surface area contributed by atoms with Crippen LogP contribution in [0.4, 0.5) is 0 Å². The summed E-state index contributed by atoms with van der Waals surface area (Å²) in [5.41, 5.74) is 3.32. The van der Waals surface area contributed by atoms with Crippen molar-refractivity contribution in [2.75, 3.05) is 0 Å². The van der Waals surface area contributed by atoms with Gasteiger partial charge in [-0.25, -0.2) is 4.98 Å². The molecule has 22 heavy (non-hydrogen) atoms. The first-order chi connectivity index (χ1) is 10.7. The van der Waals surface area contributed by atoms with Gasteiger partial charge in [-0.05, 0) is 41.6 Å². The molecule has 2 aromatic heterocycles. The van der Waals surface area contributed by atoms with Crippen molar-refractivity contribution in [1.82, 2.24) is 4.98 Å². The van der Waals surface area contributed by atoms with Gasteiger partial charge >= 0.3 is 0 Å². The number of aromatic nitrogens is 1. The van der Waals surface area contributed by atoms with Crippen LogP contribution >= 0.6 is 11.3 Å². The molecule has 1 unspecified atom stereocenters. The predicted octanol–water partition coefficient (Wildman–Crippen LogP) is 4.54. The third kappa shape index (κ3) is 2.17. The second-order valence-electron chi connectivity index (χ2n) is 5.07. The van der Waals surface area contributed by atoms with Gasteiger partial charge in [-0.15, -0.1) is 16.5 Å². The molecule has 0 radical (unpaired) electrons. The lowest BCUT2D eigenvalue weighted by atomic mass is 9.99. The molecule has 0 aliphatic carbocycles.